The third kappa shape index (κ3) is 11.5. The van der Waals surface area contributed by atoms with Crippen LogP contribution in [0.3, 0.4) is 0 Å². The monoisotopic (exact) mass is 749 g/mol. The molecule has 5 aliphatic rings. The summed E-state index contributed by atoms with van der Waals surface area (Å²) in [6.07, 6.45) is 10.8. The summed E-state index contributed by atoms with van der Waals surface area (Å²) in [6.45, 7) is 16.2. The highest BCUT2D eigenvalue weighted by Gasteiger charge is 2.53. The first-order chi connectivity index (χ1) is 24.9. The van der Waals surface area contributed by atoms with Gasteiger partial charge in [0.15, 0.2) is 0 Å². The van der Waals surface area contributed by atoms with Crippen LogP contribution < -0.4 is 4.74 Å². The van der Waals surface area contributed by atoms with Crippen molar-refractivity contribution in [1.82, 2.24) is 9.80 Å². The van der Waals surface area contributed by atoms with E-state index in [0.717, 1.165) is 70.0 Å². The highest BCUT2D eigenvalue weighted by molar-refractivity contribution is 7.80. The second-order valence-corrected chi connectivity index (χ2v) is 16.4. The summed E-state index contributed by atoms with van der Waals surface area (Å²) in [6, 6.07) is 6.52. The minimum Gasteiger partial charge on any atom is -0.411 e. The molecule has 2 amide bonds. The Kier molecular flexibility index (Phi) is 16.9. The first kappa shape index (κ1) is 45.0. The normalized spacial score (nSPS) is 27.0. The molecule has 2 aliphatic heterocycles. The van der Waals surface area contributed by atoms with Crippen molar-refractivity contribution >= 4 is 53.9 Å². The number of benzene rings is 1. The number of rotatable bonds is 6. The molecule has 5 atom stereocenters. The predicted octanol–water partition coefficient (Wildman–Crippen LogP) is 8.45. The number of carbonyl (C=O) groups excluding carboxylic acids is 2. The van der Waals surface area contributed by atoms with Crippen LogP contribution in [-0.4, -0.2) is 98.7 Å². The molecule has 13 heteroatoms. The summed E-state index contributed by atoms with van der Waals surface area (Å²) in [4.78, 5) is 28.7. The zero-order valence-corrected chi connectivity index (χ0v) is 33.6. The summed E-state index contributed by atoms with van der Waals surface area (Å²) in [5, 5.41) is 13.2. The Labute approximate surface area is 327 Å². The molecular weight excluding hydrogens is 689 g/mol. The lowest BCUT2D eigenvalue weighted by Crippen LogP contribution is -2.49. The predicted molar refractivity (Wildman–Crippen MR) is 216 cm³/mol. The third-order valence-corrected chi connectivity index (χ3v) is 11.7. The van der Waals surface area contributed by atoms with Gasteiger partial charge in [0.1, 0.15) is 29.3 Å². The highest BCUT2D eigenvalue weighted by atomic mass is 32.1. The molecule has 1 aromatic carbocycles. The number of piperidine rings is 1. The van der Waals surface area contributed by atoms with Crippen LogP contribution >= 0.6 is 12.6 Å². The van der Waals surface area contributed by atoms with E-state index in [0.29, 0.717) is 55.2 Å². The Bertz CT molecular complexity index is 1420. The quantitative estimate of drug-likeness (QED) is 0.101. The van der Waals surface area contributed by atoms with Gasteiger partial charge in [-0.3, -0.25) is 13.6 Å². The van der Waals surface area contributed by atoms with Crippen molar-refractivity contribution in [3.63, 3.8) is 0 Å². The molecule has 1 N–H and O–H groups in total. The largest absolute Gasteiger partial charge is 0.415 e. The van der Waals surface area contributed by atoms with Crippen molar-refractivity contribution in [1.29, 1.82) is 0 Å². The number of aryl methyl sites for hydroxylation is 1. The zero-order chi connectivity index (χ0) is 39.6. The Morgan fingerprint density at radius 2 is 1.72 bits per heavy atom. The first-order valence-corrected chi connectivity index (χ1v) is 20.1. The Balaban J connectivity index is 0.000000352. The van der Waals surface area contributed by atoms with Gasteiger partial charge in [0, 0.05) is 37.5 Å². The van der Waals surface area contributed by atoms with Gasteiger partial charge in [-0.25, -0.2) is 4.79 Å². The second-order valence-electron chi connectivity index (χ2n) is 16.0. The number of oxime groups is 1. The first-order valence-electron chi connectivity index (χ1n) is 19.5. The van der Waals surface area contributed by atoms with Gasteiger partial charge in [-0.15, -0.1) is 6.58 Å². The fourth-order valence-corrected chi connectivity index (χ4v) is 8.84. The van der Waals surface area contributed by atoms with E-state index in [-0.39, 0.29) is 29.9 Å². The maximum absolute atomic E-state index is 12.9. The fourth-order valence-electron chi connectivity index (χ4n) is 8.68. The van der Waals surface area contributed by atoms with E-state index in [1.54, 1.807) is 4.90 Å². The maximum atomic E-state index is 12.9. The number of fused-ring (bicyclic) bond motifs is 5. The number of hydrogen-bond donors (Lipinski definition) is 2. The van der Waals surface area contributed by atoms with Crippen LogP contribution in [-0.2, 0) is 11.2 Å². The molecule has 0 spiro atoms. The van der Waals surface area contributed by atoms with Crippen molar-refractivity contribution in [2.45, 2.75) is 141 Å². The van der Waals surface area contributed by atoms with Gasteiger partial charge in [0.25, 0.3) is 0 Å². The van der Waals surface area contributed by atoms with Gasteiger partial charge < -0.3 is 19.7 Å². The topological polar surface area (TPSA) is 82.4 Å². The minimum atomic E-state index is -2.98. The van der Waals surface area contributed by atoms with Crippen molar-refractivity contribution in [2.75, 3.05) is 25.4 Å². The van der Waals surface area contributed by atoms with Crippen LogP contribution in [0.2, 0.25) is 0 Å². The molecule has 2 saturated heterocycles. The van der Waals surface area contributed by atoms with Gasteiger partial charge in [-0.05, 0) is 131 Å². The second kappa shape index (κ2) is 19.9. The molecule has 0 aromatic heterocycles. The van der Waals surface area contributed by atoms with E-state index in [2.05, 4.69) is 73.0 Å². The number of halogens is 2. The van der Waals surface area contributed by atoms with Crippen LogP contribution in [0.5, 0.6) is 5.75 Å². The molecule has 53 heavy (non-hydrogen) atoms. The summed E-state index contributed by atoms with van der Waals surface area (Å²) in [5.41, 5.74) is -0.677. The molecular formula is C40H60B3F2N3O4S. The molecule has 6 rings (SSSR count). The van der Waals surface area contributed by atoms with Crippen LogP contribution in [0, 0.1) is 17.3 Å². The highest BCUT2D eigenvalue weighted by Crippen LogP contribution is 2.60. The molecule has 2 saturated carbocycles. The minimum absolute atomic E-state index is 0.0540. The zero-order valence-electron chi connectivity index (χ0n) is 32.7. The van der Waals surface area contributed by atoms with Gasteiger partial charge in [-0.2, -0.15) is 12.6 Å². The summed E-state index contributed by atoms with van der Waals surface area (Å²) >= 11 is 3.80. The van der Waals surface area contributed by atoms with Crippen molar-refractivity contribution in [2.24, 2.45) is 22.4 Å². The van der Waals surface area contributed by atoms with Crippen molar-refractivity contribution in [3.8, 4) is 5.75 Å². The number of hydrogen-bond acceptors (Lipinski definition) is 6. The maximum Gasteiger partial charge on any atom is 0.415 e. The number of carbonyl (C=O) groups is 2. The Morgan fingerprint density at radius 3 is 2.26 bits per heavy atom. The Hall–Kier alpha value is -2.43. The van der Waals surface area contributed by atoms with Crippen LogP contribution in [0.15, 0.2) is 35.5 Å². The number of ether oxygens (including phenoxy) is 1. The number of alkyl halides is 2. The number of allylic oxidation sites excluding steroid dienone is 1. The third-order valence-electron chi connectivity index (χ3n) is 11.4. The smallest absolute Gasteiger partial charge is 0.411 e. The van der Waals surface area contributed by atoms with E-state index in [1.807, 2.05) is 24.8 Å². The molecule has 6 radical (unpaired) electrons. The number of amides is 2. The molecule has 0 bridgehead atoms. The van der Waals surface area contributed by atoms with Crippen molar-refractivity contribution < 1.29 is 28.3 Å². The average Bonchev–Trinajstić information content (AvgIpc) is 3.69. The van der Waals surface area contributed by atoms with Gasteiger partial charge in [0.2, 0.25) is 5.91 Å². The lowest BCUT2D eigenvalue weighted by Gasteiger charge is -2.49. The van der Waals surface area contributed by atoms with Crippen LogP contribution in [0.4, 0.5) is 13.6 Å². The van der Waals surface area contributed by atoms with Crippen molar-refractivity contribution in [3.05, 3.63) is 41.5 Å². The van der Waals surface area contributed by atoms with E-state index >= 15 is 0 Å². The summed E-state index contributed by atoms with van der Waals surface area (Å²) < 4.78 is 31.2. The number of nitrogens with zero attached hydrogens (tertiary/aromatic N) is 3. The lowest BCUT2D eigenvalue weighted by atomic mass is 9.50. The summed E-state index contributed by atoms with van der Waals surface area (Å²) in [7, 11) is 14.1. The summed E-state index contributed by atoms with van der Waals surface area (Å²) in [5.74, 6) is 3.10. The molecule has 288 valence electrons. The van der Waals surface area contributed by atoms with Crippen LogP contribution in [0.25, 0.3) is 0 Å². The lowest BCUT2D eigenvalue weighted by molar-refractivity contribution is -0.130. The van der Waals surface area contributed by atoms with E-state index in [1.165, 1.54) is 23.1 Å². The standard InChI is InChI=1S/C28H37N3O4.C5H7B3F2S.C4H8.C3H8/c1-28-13-10-22-21-7-5-20(17-18(21)4-6-23(22)24(28)8-9-25(28)29-34)35-27(33)30-15-11-19(12-16-30)31-14-2-3-26(31)32;6-4(9,2-1-3-11)5(7,8)10;1-4(2)3;1-3-2/h5,7,17,19,22-24,34H,2-4,6,8-16H2,1H3;11H,1-3H2;1H2,2-3H3;3H2,1-2H3/b29-25-;;;. The number of thiol groups is 1. The molecule has 1 aromatic rings. The van der Waals surface area contributed by atoms with Gasteiger partial charge in [0.05, 0.1) is 16.7 Å². The van der Waals surface area contributed by atoms with Gasteiger partial charge in [-0.1, -0.05) is 44.0 Å². The van der Waals surface area contributed by atoms with E-state index in [4.69, 9.17) is 12.6 Å². The number of likely N-dealkylation sites (tertiary alicyclic amines) is 2. The molecule has 3 aliphatic carbocycles. The SMILES string of the molecule is C=C(C)C.CC12CCC3c4ccc(OC(=O)N5CCC(N6CCCC6=O)CC5)cc4CCC3C1CC/C2=N/O.CCC.[B]C([B])(F)C([B])(F)CCCS. The van der Waals surface area contributed by atoms with Gasteiger partial charge >= 0.3 is 6.09 Å². The molecule has 2 heterocycles. The van der Waals surface area contributed by atoms with E-state index in [9.17, 15) is 23.6 Å². The molecule has 5 unspecified atom stereocenters. The Morgan fingerprint density at radius 1 is 1.08 bits per heavy atom. The molecule has 4 fully saturated rings. The van der Waals surface area contributed by atoms with Crippen LogP contribution in [0.1, 0.15) is 129 Å². The fraction of sp³-hybridized carbons (Fsp3) is 0.725. The average molecular weight is 749 g/mol. The molecule has 7 nitrogen and oxygen atoms in total. The van der Waals surface area contributed by atoms with E-state index < -0.39 is 11.0 Å².